The van der Waals surface area contributed by atoms with Crippen molar-refractivity contribution in [3.8, 4) is 0 Å². The van der Waals surface area contributed by atoms with Gasteiger partial charge in [-0.3, -0.25) is 10.4 Å². The van der Waals surface area contributed by atoms with Gasteiger partial charge < -0.3 is 0 Å². The van der Waals surface area contributed by atoms with Crippen LogP contribution in [0.4, 0.5) is 5.69 Å². The molecular formula is C16H13BrN4. The van der Waals surface area contributed by atoms with Gasteiger partial charge in [-0.2, -0.15) is 5.10 Å². The fraction of sp³-hybridized carbons (Fsp3) is 0.0625. The second kappa shape index (κ2) is 6.01. The molecule has 3 aromatic rings. The van der Waals surface area contributed by atoms with Gasteiger partial charge >= 0.3 is 0 Å². The van der Waals surface area contributed by atoms with E-state index in [1.165, 1.54) is 0 Å². The molecule has 5 heteroatoms. The molecule has 0 aliphatic heterocycles. The van der Waals surface area contributed by atoms with E-state index >= 15 is 0 Å². The molecule has 1 aromatic heterocycles. The molecule has 21 heavy (non-hydrogen) atoms. The zero-order valence-corrected chi connectivity index (χ0v) is 13.0. The summed E-state index contributed by atoms with van der Waals surface area (Å²) < 4.78 is 1.04. The Morgan fingerprint density at radius 2 is 1.76 bits per heavy atom. The van der Waals surface area contributed by atoms with E-state index < -0.39 is 0 Å². The van der Waals surface area contributed by atoms with Crippen LogP contribution >= 0.6 is 15.9 Å². The molecule has 0 saturated carbocycles. The SMILES string of the molecule is C/C(=N\Nc1ccc(Br)cc1)c1cnc2ccccc2n1. The van der Waals surface area contributed by atoms with Crippen LogP contribution in [0.1, 0.15) is 12.6 Å². The first-order valence-electron chi connectivity index (χ1n) is 6.50. The predicted octanol–water partition coefficient (Wildman–Crippen LogP) is 4.23. The summed E-state index contributed by atoms with van der Waals surface area (Å²) in [4.78, 5) is 8.95. The third-order valence-electron chi connectivity index (χ3n) is 3.02. The number of nitrogens with zero attached hydrogens (tertiary/aromatic N) is 3. The summed E-state index contributed by atoms with van der Waals surface area (Å²) >= 11 is 3.40. The van der Waals surface area contributed by atoms with Crippen molar-refractivity contribution in [1.29, 1.82) is 0 Å². The highest BCUT2D eigenvalue weighted by Crippen LogP contribution is 2.14. The van der Waals surface area contributed by atoms with Gasteiger partial charge in [0.25, 0.3) is 0 Å². The summed E-state index contributed by atoms with van der Waals surface area (Å²) in [5.74, 6) is 0. The molecule has 4 nitrogen and oxygen atoms in total. The highest BCUT2D eigenvalue weighted by molar-refractivity contribution is 9.10. The lowest BCUT2D eigenvalue weighted by atomic mass is 10.2. The van der Waals surface area contributed by atoms with E-state index in [4.69, 9.17) is 0 Å². The van der Waals surface area contributed by atoms with Crippen LogP contribution in [0.15, 0.2) is 64.3 Å². The molecule has 0 unspecified atom stereocenters. The Morgan fingerprint density at radius 1 is 1.05 bits per heavy atom. The molecule has 1 N–H and O–H groups in total. The van der Waals surface area contributed by atoms with Crippen molar-refractivity contribution in [2.45, 2.75) is 6.92 Å². The molecule has 0 amide bonds. The highest BCUT2D eigenvalue weighted by atomic mass is 79.9. The van der Waals surface area contributed by atoms with E-state index in [1.54, 1.807) is 6.20 Å². The zero-order chi connectivity index (χ0) is 14.7. The predicted molar refractivity (Wildman–Crippen MR) is 89.5 cm³/mol. The number of hydrazone groups is 1. The van der Waals surface area contributed by atoms with Crippen molar-refractivity contribution in [2.75, 3.05) is 5.43 Å². The second-order valence-corrected chi connectivity index (χ2v) is 5.48. The van der Waals surface area contributed by atoms with Gasteiger partial charge in [0.15, 0.2) is 0 Å². The van der Waals surface area contributed by atoms with Crippen molar-refractivity contribution in [1.82, 2.24) is 9.97 Å². The van der Waals surface area contributed by atoms with Crippen molar-refractivity contribution in [3.05, 3.63) is 64.9 Å². The molecule has 0 bridgehead atoms. The van der Waals surface area contributed by atoms with Crippen LogP contribution < -0.4 is 5.43 Å². The van der Waals surface area contributed by atoms with Crippen molar-refractivity contribution < 1.29 is 0 Å². The van der Waals surface area contributed by atoms with Crippen LogP contribution in [0.2, 0.25) is 0 Å². The van der Waals surface area contributed by atoms with Crippen LogP contribution in [0.5, 0.6) is 0 Å². The molecule has 1 heterocycles. The third-order valence-corrected chi connectivity index (χ3v) is 3.54. The Bertz CT molecular complexity index is 797. The number of nitrogens with one attached hydrogen (secondary N) is 1. The minimum atomic E-state index is 0.762. The molecular weight excluding hydrogens is 328 g/mol. The summed E-state index contributed by atoms with van der Waals surface area (Å²) in [7, 11) is 0. The normalized spacial score (nSPS) is 11.6. The van der Waals surface area contributed by atoms with Crippen molar-refractivity contribution >= 4 is 38.4 Å². The minimum Gasteiger partial charge on any atom is -0.278 e. The smallest absolute Gasteiger partial charge is 0.105 e. The summed E-state index contributed by atoms with van der Waals surface area (Å²) in [6, 6.07) is 15.6. The molecule has 0 radical (unpaired) electrons. The van der Waals surface area contributed by atoms with Crippen LogP contribution in [0.25, 0.3) is 11.0 Å². The summed E-state index contributed by atoms with van der Waals surface area (Å²) in [5.41, 5.74) is 7.24. The number of hydrogen-bond acceptors (Lipinski definition) is 4. The molecule has 3 rings (SSSR count). The molecule has 0 aliphatic rings. The fourth-order valence-electron chi connectivity index (χ4n) is 1.86. The average molecular weight is 341 g/mol. The van der Waals surface area contributed by atoms with Gasteiger partial charge in [-0.15, -0.1) is 0 Å². The monoisotopic (exact) mass is 340 g/mol. The zero-order valence-electron chi connectivity index (χ0n) is 11.4. The summed E-state index contributed by atoms with van der Waals surface area (Å²) in [6.07, 6.45) is 1.74. The van der Waals surface area contributed by atoms with Crippen LogP contribution in [-0.4, -0.2) is 15.7 Å². The topological polar surface area (TPSA) is 50.2 Å². The van der Waals surface area contributed by atoms with Gasteiger partial charge in [0, 0.05) is 4.47 Å². The lowest BCUT2D eigenvalue weighted by Crippen LogP contribution is -2.03. The van der Waals surface area contributed by atoms with E-state index in [1.807, 2.05) is 55.5 Å². The lowest BCUT2D eigenvalue weighted by Gasteiger charge is -2.04. The van der Waals surface area contributed by atoms with Gasteiger partial charge in [-0.25, -0.2) is 4.98 Å². The van der Waals surface area contributed by atoms with Crippen molar-refractivity contribution in [3.63, 3.8) is 0 Å². The Kier molecular flexibility index (Phi) is 3.92. The fourth-order valence-corrected chi connectivity index (χ4v) is 2.13. The number of fused-ring (bicyclic) bond motifs is 1. The Hall–Kier alpha value is -2.27. The van der Waals surface area contributed by atoms with Crippen LogP contribution in [0.3, 0.4) is 0 Å². The maximum atomic E-state index is 4.56. The maximum Gasteiger partial charge on any atom is 0.105 e. The average Bonchev–Trinajstić information content (AvgIpc) is 2.53. The summed E-state index contributed by atoms with van der Waals surface area (Å²) in [5, 5.41) is 4.35. The molecule has 104 valence electrons. The second-order valence-electron chi connectivity index (χ2n) is 4.56. The first-order chi connectivity index (χ1) is 10.2. The molecule has 0 saturated heterocycles. The first kappa shape index (κ1) is 13.7. The van der Waals surface area contributed by atoms with Gasteiger partial charge in [0.05, 0.1) is 28.6 Å². The first-order valence-corrected chi connectivity index (χ1v) is 7.30. The molecule has 2 aromatic carbocycles. The van der Waals surface area contributed by atoms with E-state index in [2.05, 4.69) is 36.4 Å². The lowest BCUT2D eigenvalue weighted by molar-refractivity contribution is 1.23. The molecule has 0 spiro atoms. The number of rotatable bonds is 3. The number of hydrogen-bond donors (Lipinski definition) is 1. The molecule has 0 fully saturated rings. The van der Waals surface area contributed by atoms with Crippen LogP contribution in [0, 0.1) is 0 Å². The standard InChI is InChI=1S/C16H13BrN4/c1-11(20-21-13-8-6-12(17)7-9-13)16-10-18-14-4-2-3-5-15(14)19-16/h2-10,21H,1H3/b20-11+. The Labute approximate surface area is 131 Å². The molecule has 0 atom stereocenters. The largest absolute Gasteiger partial charge is 0.278 e. The van der Waals surface area contributed by atoms with Crippen molar-refractivity contribution in [2.24, 2.45) is 5.10 Å². The number of benzene rings is 2. The minimum absolute atomic E-state index is 0.762. The number of aromatic nitrogens is 2. The summed E-state index contributed by atoms with van der Waals surface area (Å²) in [6.45, 7) is 1.91. The van der Waals surface area contributed by atoms with E-state index in [-0.39, 0.29) is 0 Å². The highest BCUT2D eigenvalue weighted by Gasteiger charge is 2.02. The van der Waals surface area contributed by atoms with Crippen LogP contribution in [-0.2, 0) is 0 Å². The molecule has 0 aliphatic carbocycles. The maximum absolute atomic E-state index is 4.56. The number of para-hydroxylation sites is 2. The Morgan fingerprint density at radius 3 is 2.52 bits per heavy atom. The van der Waals surface area contributed by atoms with Gasteiger partial charge in [0.1, 0.15) is 5.69 Å². The number of anilines is 1. The number of halogens is 1. The van der Waals surface area contributed by atoms with E-state index in [0.717, 1.165) is 32.6 Å². The van der Waals surface area contributed by atoms with Gasteiger partial charge in [0.2, 0.25) is 0 Å². The van der Waals surface area contributed by atoms with E-state index in [0.29, 0.717) is 0 Å². The van der Waals surface area contributed by atoms with Gasteiger partial charge in [-0.1, -0.05) is 28.1 Å². The van der Waals surface area contributed by atoms with Gasteiger partial charge in [-0.05, 0) is 43.3 Å². The Balaban J connectivity index is 1.83. The third kappa shape index (κ3) is 3.25. The van der Waals surface area contributed by atoms with E-state index in [9.17, 15) is 0 Å². The quantitative estimate of drug-likeness (QED) is 0.573.